The molecular weight excluding hydrogens is 402 g/mol. The van der Waals surface area contributed by atoms with Crippen LogP contribution in [0.5, 0.6) is 0 Å². The summed E-state index contributed by atoms with van der Waals surface area (Å²) in [6, 6.07) is 19.7. The Labute approximate surface area is 180 Å². The molecule has 0 saturated carbocycles. The van der Waals surface area contributed by atoms with Crippen molar-refractivity contribution in [1.82, 2.24) is 0 Å². The van der Waals surface area contributed by atoms with Gasteiger partial charge < -0.3 is 18.9 Å². The van der Waals surface area contributed by atoms with Gasteiger partial charge in [-0.15, -0.1) is 11.8 Å². The Morgan fingerprint density at radius 3 is 2.47 bits per heavy atom. The standard InChI is InChI=1S/C23H25NO5S/c1-23(2)28-20-18(26-13-15-9-5-3-6-10-15)19(27-22(20)29-23)21-24(17(25)14-30-21)16-11-7-4-8-12-16/h3-12,18-22H,13-14H2,1-2H3/t18-,19-,20-,21+,22-/m1/s1. The number of ether oxygens (including phenoxy) is 4. The number of hydrogen-bond donors (Lipinski definition) is 0. The molecule has 3 saturated heterocycles. The number of nitrogens with zero attached hydrogens (tertiary/aromatic N) is 1. The summed E-state index contributed by atoms with van der Waals surface area (Å²) in [7, 11) is 0. The van der Waals surface area contributed by atoms with Crippen LogP contribution in [-0.4, -0.2) is 47.4 Å². The van der Waals surface area contributed by atoms with Crippen LogP contribution in [-0.2, 0) is 30.3 Å². The lowest BCUT2D eigenvalue weighted by Crippen LogP contribution is -2.48. The predicted molar refractivity (Wildman–Crippen MR) is 114 cm³/mol. The number of para-hydroxylation sites is 1. The van der Waals surface area contributed by atoms with E-state index in [4.69, 9.17) is 18.9 Å². The number of benzene rings is 2. The molecule has 0 radical (unpaired) electrons. The minimum absolute atomic E-state index is 0.0702. The van der Waals surface area contributed by atoms with E-state index in [1.165, 1.54) is 0 Å². The number of anilines is 1. The van der Waals surface area contributed by atoms with Crippen molar-refractivity contribution in [3.05, 3.63) is 66.2 Å². The molecule has 3 heterocycles. The maximum atomic E-state index is 12.7. The molecule has 0 unspecified atom stereocenters. The molecule has 1 amide bonds. The summed E-state index contributed by atoms with van der Waals surface area (Å²) < 4.78 is 24.8. The lowest BCUT2D eigenvalue weighted by molar-refractivity contribution is -0.218. The normalized spacial score (nSPS) is 32.5. The molecule has 5 atom stereocenters. The molecule has 158 valence electrons. The highest BCUT2D eigenvalue weighted by molar-refractivity contribution is 8.01. The second-order valence-electron chi connectivity index (χ2n) is 8.13. The first kappa shape index (κ1) is 20.0. The SMILES string of the molecule is CC1(C)O[C@H]2O[C@@H]([C@@H]3SCC(=O)N3c3ccccc3)[C@@H](OCc3ccccc3)[C@H]2O1. The molecule has 3 aliphatic rings. The summed E-state index contributed by atoms with van der Waals surface area (Å²) in [5, 5.41) is -0.207. The highest BCUT2D eigenvalue weighted by Crippen LogP contribution is 2.44. The van der Waals surface area contributed by atoms with Gasteiger partial charge in [0.25, 0.3) is 0 Å². The first-order chi connectivity index (χ1) is 14.5. The van der Waals surface area contributed by atoms with Crippen LogP contribution in [0, 0.1) is 0 Å². The van der Waals surface area contributed by atoms with Crippen LogP contribution in [0.3, 0.4) is 0 Å². The third-order valence-electron chi connectivity index (χ3n) is 5.53. The first-order valence-corrected chi connectivity index (χ1v) is 11.2. The summed E-state index contributed by atoms with van der Waals surface area (Å²) in [6.45, 7) is 4.19. The Bertz CT molecular complexity index is 893. The van der Waals surface area contributed by atoms with Gasteiger partial charge in [0.1, 0.15) is 23.7 Å². The molecule has 3 fully saturated rings. The van der Waals surface area contributed by atoms with Gasteiger partial charge in [-0.05, 0) is 31.5 Å². The maximum Gasteiger partial charge on any atom is 0.238 e. The largest absolute Gasteiger partial charge is 0.368 e. The minimum atomic E-state index is -0.730. The number of carbonyl (C=O) groups excluding carboxylic acids is 1. The number of thioether (sulfide) groups is 1. The van der Waals surface area contributed by atoms with Crippen LogP contribution in [0.4, 0.5) is 5.69 Å². The minimum Gasteiger partial charge on any atom is -0.368 e. The quantitative estimate of drug-likeness (QED) is 0.727. The number of amides is 1. The van der Waals surface area contributed by atoms with E-state index in [1.54, 1.807) is 11.8 Å². The van der Waals surface area contributed by atoms with Gasteiger partial charge in [-0.1, -0.05) is 48.5 Å². The fourth-order valence-electron chi connectivity index (χ4n) is 4.25. The molecule has 0 bridgehead atoms. The Morgan fingerprint density at radius 1 is 1.03 bits per heavy atom. The van der Waals surface area contributed by atoms with E-state index in [1.807, 2.05) is 79.4 Å². The molecule has 3 aliphatic heterocycles. The average Bonchev–Trinajstić information content (AvgIpc) is 3.37. The van der Waals surface area contributed by atoms with Crippen molar-refractivity contribution in [3.63, 3.8) is 0 Å². The van der Waals surface area contributed by atoms with Gasteiger partial charge in [-0.2, -0.15) is 0 Å². The van der Waals surface area contributed by atoms with E-state index in [0.29, 0.717) is 12.4 Å². The molecule has 6 nitrogen and oxygen atoms in total. The smallest absolute Gasteiger partial charge is 0.238 e. The van der Waals surface area contributed by atoms with Gasteiger partial charge in [0, 0.05) is 5.69 Å². The maximum absolute atomic E-state index is 12.7. The zero-order chi connectivity index (χ0) is 20.7. The molecule has 5 rings (SSSR count). The van der Waals surface area contributed by atoms with Gasteiger partial charge in [0.2, 0.25) is 5.91 Å². The fourth-order valence-corrected chi connectivity index (χ4v) is 5.50. The summed E-state index contributed by atoms with van der Waals surface area (Å²) >= 11 is 1.57. The van der Waals surface area contributed by atoms with E-state index < -0.39 is 12.1 Å². The zero-order valence-corrected chi connectivity index (χ0v) is 17.8. The van der Waals surface area contributed by atoms with Crippen molar-refractivity contribution in [1.29, 1.82) is 0 Å². The van der Waals surface area contributed by atoms with Crippen molar-refractivity contribution in [2.75, 3.05) is 10.7 Å². The van der Waals surface area contributed by atoms with Crippen molar-refractivity contribution >= 4 is 23.4 Å². The Morgan fingerprint density at radius 2 is 1.73 bits per heavy atom. The van der Waals surface area contributed by atoms with Gasteiger partial charge in [-0.25, -0.2) is 0 Å². The Hall–Kier alpha value is -1.90. The van der Waals surface area contributed by atoms with E-state index in [2.05, 4.69) is 0 Å². The van der Waals surface area contributed by atoms with Gasteiger partial charge in [-0.3, -0.25) is 9.69 Å². The van der Waals surface area contributed by atoms with Crippen molar-refractivity contribution < 1.29 is 23.7 Å². The van der Waals surface area contributed by atoms with Gasteiger partial charge in [0.15, 0.2) is 12.1 Å². The number of rotatable bonds is 5. The number of carbonyl (C=O) groups is 1. The van der Waals surface area contributed by atoms with E-state index in [0.717, 1.165) is 11.3 Å². The summed E-state index contributed by atoms with van der Waals surface area (Å²) in [4.78, 5) is 14.5. The Balaban J connectivity index is 1.41. The van der Waals surface area contributed by atoms with Crippen LogP contribution in [0.15, 0.2) is 60.7 Å². The third-order valence-corrected chi connectivity index (χ3v) is 6.76. The van der Waals surface area contributed by atoms with Crippen LogP contribution < -0.4 is 4.90 Å². The molecule has 0 N–H and O–H groups in total. The topological polar surface area (TPSA) is 57.2 Å². The lowest BCUT2D eigenvalue weighted by Gasteiger charge is -2.33. The van der Waals surface area contributed by atoms with Crippen LogP contribution in [0.1, 0.15) is 19.4 Å². The van der Waals surface area contributed by atoms with Crippen molar-refractivity contribution in [2.24, 2.45) is 0 Å². The van der Waals surface area contributed by atoms with Crippen molar-refractivity contribution in [3.8, 4) is 0 Å². The van der Waals surface area contributed by atoms with Crippen molar-refractivity contribution in [2.45, 2.75) is 56.2 Å². The summed E-state index contributed by atoms with van der Waals surface area (Å²) in [5.41, 5.74) is 1.94. The monoisotopic (exact) mass is 427 g/mol. The fraction of sp³-hybridized carbons (Fsp3) is 0.435. The molecular formula is C23H25NO5S. The van der Waals surface area contributed by atoms with Crippen LogP contribution in [0.2, 0.25) is 0 Å². The summed E-state index contributed by atoms with van der Waals surface area (Å²) in [6.07, 6.45) is -1.58. The van der Waals surface area contributed by atoms with E-state index >= 15 is 0 Å². The molecule has 7 heteroatoms. The molecule has 2 aromatic rings. The average molecular weight is 428 g/mol. The molecule has 0 aliphatic carbocycles. The second-order valence-corrected chi connectivity index (χ2v) is 9.24. The van der Waals surface area contributed by atoms with E-state index in [-0.39, 0.29) is 29.6 Å². The molecule has 0 aromatic heterocycles. The van der Waals surface area contributed by atoms with Gasteiger partial charge in [0.05, 0.1) is 12.4 Å². The molecule has 0 spiro atoms. The third kappa shape index (κ3) is 3.76. The molecule has 30 heavy (non-hydrogen) atoms. The van der Waals surface area contributed by atoms with E-state index in [9.17, 15) is 4.79 Å². The molecule has 2 aromatic carbocycles. The summed E-state index contributed by atoms with van der Waals surface area (Å²) in [5.74, 6) is -0.249. The van der Waals surface area contributed by atoms with Gasteiger partial charge >= 0.3 is 0 Å². The zero-order valence-electron chi connectivity index (χ0n) is 17.0. The Kier molecular flexibility index (Phi) is 5.33. The van der Waals surface area contributed by atoms with Crippen LogP contribution >= 0.6 is 11.8 Å². The highest BCUT2D eigenvalue weighted by atomic mass is 32.2. The lowest BCUT2D eigenvalue weighted by atomic mass is 10.1. The number of hydrogen-bond acceptors (Lipinski definition) is 6. The highest BCUT2D eigenvalue weighted by Gasteiger charge is 2.59. The van der Waals surface area contributed by atoms with Crippen LogP contribution in [0.25, 0.3) is 0 Å². The number of fused-ring (bicyclic) bond motifs is 1. The second kappa shape index (κ2) is 7.98. The first-order valence-electron chi connectivity index (χ1n) is 10.2. The predicted octanol–water partition coefficient (Wildman–Crippen LogP) is 3.55.